The van der Waals surface area contributed by atoms with E-state index < -0.39 is 23.3 Å². The van der Waals surface area contributed by atoms with Crippen LogP contribution < -0.4 is 10.6 Å². The zero-order valence-corrected chi connectivity index (χ0v) is 10.7. The van der Waals surface area contributed by atoms with E-state index in [1.165, 1.54) is 20.8 Å². The Bertz CT molecular complexity index is 313. The lowest BCUT2D eigenvalue weighted by atomic mass is 9.92. The van der Waals surface area contributed by atoms with Crippen LogP contribution in [0.15, 0.2) is 0 Å². The zero-order valence-electron chi connectivity index (χ0n) is 10.7. The fourth-order valence-electron chi connectivity index (χ4n) is 0.941. The number of carbonyl (C=O) groups excluding carboxylic acids is 2. The van der Waals surface area contributed by atoms with Crippen LogP contribution in [0.4, 0.5) is 0 Å². The lowest BCUT2D eigenvalue weighted by Gasteiger charge is -2.21. The second kappa shape index (κ2) is 6.22. The predicted molar refractivity (Wildman–Crippen MR) is 62.3 cm³/mol. The van der Waals surface area contributed by atoms with E-state index in [9.17, 15) is 14.4 Å². The third-order valence-corrected chi connectivity index (χ3v) is 2.39. The quantitative estimate of drug-likeness (QED) is 0.579. The van der Waals surface area contributed by atoms with Crippen LogP contribution in [0.2, 0.25) is 0 Å². The first kappa shape index (κ1) is 15.4. The summed E-state index contributed by atoms with van der Waals surface area (Å²) in [6.07, 6.45) is 0.799. The van der Waals surface area contributed by atoms with Gasteiger partial charge >= 0.3 is 5.97 Å². The van der Waals surface area contributed by atoms with Crippen molar-refractivity contribution in [1.82, 2.24) is 10.6 Å². The molecule has 98 valence electrons. The molecule has 3 N–H and O–H groups in total. The first-order valence-corrected chi connectivity index (χ1v) is 5.55. The van der Waals surface area contributed by atoms with Crippen LogP contribution in [-0.2, 0) is 14.4 Å². The first-order chi connectivity index (χ1) is 7.73. The zero-order chi connectivity index (χ0) is 13.6. The highest BCUT2D eigenvalue weighted by atomic mass is 16.4. The SMILES string of the molecule is CCCNC(=O)C(C)NC(=O)C(C)(C)C(=O)O. The molecule has 0 rings (SSSR count). The minimum Gasteiger partial charge on any atom is -0.480 e. The van der Waals surface area contributed by atoms with E-state index in [0.717, 1.165) is 6.42 Å². The summed E-state index contributed by atoms with van der Waals surface area (Å²) in [4.78, 5) is 33.9. The molecule has 0 fully saturated rings. The van der Waals surface area contributed by atoms with Crippen LogP contribution in [0.25, 0.3) is 0 Å². The van der Waals surface area contributed by atoms with Crippen molar-refractivity contribution in [2.75, 3.05) is 6.54 Å². The molecule has 1 unspecified atom stereocenters. The fraction of sp³-hybridized carbons (Fsp3) is 0.727. The molecule has 17 heavy (non-hydrogen) atoms. The Morgan fingerprint density at radius 1 is 1.29 bits per heavy atom. The molecule has 0 aromatic heterocycles. The fourth-order valence-corrected chi connectivity index (χ4v) is 0.941. The Kier molecular flexibility index (Phi) is 5.64. The van der Waals surface area contributed by atoms with Gasteiger partial charge < -0.3 is 15.7 Å². The molecule has 0 aliphatic carbocycles. The topological polar surface area (TPSA) is 95.5 Å². The molecule has 0 radical (unpaired) electrons. The maximum absolute atomic E-state index is 11.6. The molecule has 2 amide bonds. The number of carbonyl (C=O) groups is 3. The Morgan fingerprint density at radius 3 is 2.24 bits per heavy atom. The Balaban J connectivity index is 4.39. The maximum atomic E-state index is 11.6. The lowest BCUT2D eigenvalue weighted by Crippen LogP contribution is -2.51. The largest absolute Gasteiger partial charge is 0.480 e. The normalized spacial score (nSPS) is 12.7. The van der Waals surface area contributed by atoms with Gasteiger partial charge in [-0.2, -0.15) is 0 Å². The number of rotatable bonds is 6. The molecule has 6 nitrogen and oxygen atoms in total. The van der Waals surface area contributed by atoms with Crippen LogP contribution in [0.5, 0.6) is 0 Å². The number of carboxylic acid groups (broad SMARTS) is 1. The van der Waals surface area contributed by atoms with Gasteiger partial charge in [0, 0.05) is 6.54 Å². The van der Waals surface area contributed by atoms with Crippen LogP contribution in [-0.4, -0.2) is 35.5 Å². The van der Waals surface area contributed by atoms with E-state index in [2.05, 4.69) is 10.6 Å². The third kappa shape index (κ3) is 4.42. The van der Waals surface area contributed by atoms with Crippen molar-refractivity contribution in [3.8, 4) is 0 Å². The molecule has 0 aromatic rings. The average Bonchev–Trinajstić information content (AvgIpc) is 2.25. The van der Waals surface area contributed by atoms with Gasteiger partial charge in [0.1, 0.15) is 11.5 Å². The molecule has 6 heteroatoms. The van der Waals surface area contributed by atoms with Gasteiger partial charge in [-0.3, -0.25) is 14.4 Å². The Hall–Kier alpha value is -1.59. The van der Waals surface area contributed by atoms with Crippen molar-refractivity contribution >= 4 is 17.8 Å². The van der Waals surface area contributed by atoms with Crippen molar-refractivity contribution in [2.45, 2.75) is 40.2 Å². The Morgan fingerprint density at radius 2 is 1.82 bits per heavy atom. The number of hydrogen-bond acceptors (Lipinski definition) is 3. The molecule has 0 spiro atoms. The molecular weight excluding hydrogens is 224 g/mol. The van der Waals surface area contributed by atoms with Crippen molar-refractivity contribution in [3.63, 3.8) is 0 Å². The van der Waals surface area contributed by atoms with E-state index in [4.69, 9.17) is 5.11 Å². The van der Waals surface area contributed by atoms with Crippen molar-refractivity contribution in [3.05, 3.63) is 0 Å². The van der Waals surface area contributed by atoms with Gasteiger partial charge in [-0.1, -0.05) is 6.92 Å². The molecule has 0 saturated carbocycles. The van der Waals surface area contributed by atoms with E-state index >= 15 is 0 Å². The van der Waals surface area contributed by atoms with Crippen LogP contribution in [0, 0.1) is 5.41 Å². The summed E-state index contributed by atoms with van der Waals surface area (Å²) in [6.45, 7) is 6.54. The highest BCUT2D eigenvalue weighted by Gasteiger charge is 2.37. The number of nitrogens with one attached hydrogen (secondary N) is 2. The minimum atomic E-state index is -1.54. The van der Waals surface area contributed by atoms with Crippen LogP contribution in [0.1, 0.15) is 34.1 Å². The van der Waals surface area contributed by atoms with Crippen molar-refractivity contribution in [1.29, 1.82) is 0 Å². The summed E-state index contributed by atoms with van der Waals surface area (Å²) >= 11 is 0. The number of hydrogen-bond donors (Lipinski definition) is 3. The third-order valence-electron chi connectivity index (χ3n) is 2.39. The molecule has 0 aliphatic rings. The second-order valence-electron chi connectivity index (χ2n) is 4.42. The molecule has 0 aliphatic heterocycles. The lowest BCUT2D eigenvalue weighted by molar-refractivity contribution is -0.154. The van der Waals surface area contributed by atoms with Gasteiger partial charge in [0.2, 0.25) is 11.8 Å². The Labute approximate surface area is 101 Å². The van der Waals surface area contributed by atoms with Gasteiger partial charge in [0.05, 0.1) is 0 Å². The first-order valence-electron chi connectivity index (χ1n) is 5.55. The summed E-state index contributed by atoms with van der Waals surface area (Å²) < 4.78 is 0. The summed E-state index contributed by atoms with van der Waals surface area (Å²) in [7, 11) is 0. The highest BCUT2D eigenvalue weighted by Crippen LogP contribution is 2.15. The van der Waals surface area contributed by atoms with Gasteiger partial charge in [0.15, 0.2) is 0 Å². The van der Waals surface area contributed by atoms with Crippen LogP contribution >= 0.6 is 0 Å². The van der Waals surface area contributed by atoms with E-state index in [1.807, 2.05) is 6.92 Å². The molecule has 0 heterocycles. The van der Waals surface area contributed by atoms with E-state index in [1.54, 1.807) is 0 Å². The molecular formula is C11H20N2O4. The summed E-state index contributed by atoms with van der Waals surface area (Å²) in [5.41, 5.74) is -1.54. The average molecular weight is 244 g/mol. The summed E-state index contributed by atoms with van der Waals surface area (Å²) in [5.74, 6) is -2.22. The van der Waals surface area contributed by atoms with E-state index in [-0.39, 0.29) is 5.91 Å². The number of amides is 2. The monoisotopic (exact) mass is 244 g/mol. The standard InChI is InChI=1S/C11H20N2O4/c1-5-6-12-8(14)7(2)13-9(15)11(3,4)10(16)17/h7H,5-6H2,1-4H3,(H,12,14)(H,13,15)(H,16,17). The van der Waals surface area contributed by atoms with Crippen LogP contribution in [0.3, 0.4) is 0 Å². The van der Waals surface area contributed by atoms with Gasteiger partial charge in [-0.15, -0.1) is 0 Å². The second-order valence-corrected chi connectivity index (χ2v) is 4.42. The smallest absolute Gasteiger partial charge is 0.318 e. The highest BCUT2D eigenvalue weighted by molar-refractivity contribution is 6.02. The minimum absolute atomic E-state index is 0.318. The summed E-state index contributed by atoms with van der Waals surface area (Å²) in [6, 6.07) is -0.743. The van der Waals surface area contributed by atoms with Crippen molar-refractivity contribution < 1.29 is 19.5 Å². The van der Waals surface area contributed by atoms with Gasteiger partial charge in [-0.05, 0) is 27.2 Å². The maximum Gasteiger partial charge on any atom is 0.318 e. The summed E-state index contributed by atoms with van der Waals surface area (Å²) in [5, 5.41) is 13.8. The molecule has 1 atom stereocenters. The number of carboxylic acids is 1. The molecule has 0 aromatic carbocycles. The number of aliphatic carboxylic acids is 1. The van der Waals surface area contributed by atoms with E-state index in [0.29, 0.717) is 6.54 Å². The van der Waals surface area contributed by atoms with Gasteiger partial charge in [-0.25, -0.2) is 0 Å². The molecule has 0 saturated heterocycles. The predicted octanol–water partition coefficient (Wildman–Crippen LogP) is 0.128. The van der Waals surface area contributed by atoms with Gasteiger partial charge in [0.25, 0.3) is 0 Å². The molecule has 0 bridgehead atoms. The van der Waals surface area contributed by atoms with Crippen molar-refractivity contribution in [2.24, 2.45) is 5.41 Å².